The Hall–Kier alpha value is -4.50. The Balaban J connectivity index is 1.56. The molecule has 0 spiro atoms. The van der Waals surface area contributed by atoms with Gasteiger partial charge in [-0.25, -0.2) is 12.8 Å². The lowest BCUT2D eigenvalue weighted by Gasteiger charge is -2.34. The highest BCUT2D eigenvalue weighted by atomic mass is 32.2. The predicted octanol–water partition coefficient (Wildman–Crippen LogP) is 6.03. The lowest BCUT2D eigenvalue weighted by Crippen LogP contribution is -2.54. The van der Waals surface area contributed by atoms with Crippen LogP contribution in [0.4, 0.5) is 10.1 Å². The Kier molecular flexibility index (Phi) is 10.3. The third-order valence-electron chi connectivity index (χ3n) is 8.18. The molecule has 0 aliphatic heterocycles. The number of hydrogen-bond donors (Lipinski definition) is 1. The van der Waals surface area contributed by atoms with Gasteiger partial charge in [-0.2, -0.15) is 0 Å². The number of nitrogens with one attached hydrogen (secondary N) is 1. The number of halogens is 1. The average molecular weight is 628 g/mol. The number of sulfonamides is 1. The number of anilines is 1. The Bertz CT molecular complexity index is 1690. The molecule has 7 nitrogen and oxygen atoms in total. The zero-order valence-corrected chi connectivity index (χ0v) is 26.1. The number of carbonyl (C=O) groups is 2. The van der Waals surface area contributed by atoms with Crippen molar-refractivity contribution in [2.45, 2.75) is 62.6 Å². The first-order valence-corrected chi connectivity index (χ1v) is 16.7. The first-order chi connectivity index (χ1) is 21.7. The van der Waals surface area contributed by atoms with Crippen LogP contribution in [0.2, 0.25) is 0 Å². The number of amides is 2. The van der Waals surface area contributed by atoms with Gasteiger partial charge in [-0.15, -0.1) is 0 Å². The molecule has 45 heavy (non-hydrogen) atoms. The van der Waals surface area contributed by atoms with Gasteiger partial charge in [0.1, 0.15) is 18.4 Å². The van der Waals surface area contributed by atoms with Gasteiger partial charge in [0.15, 0.2) is 0 Å². The monoisotopic (exact) mass is 627 g/mol. The van der Waals surface area contributed by atoms with Crippen LogP contribution in [0, 0.1) is 12.7 Å². The smallest absolute Gasteiger partial charge is 0.264 e. The van der Waals surface area contributed by atoms with Gasteiger partial charge in [0.2, 0.25) is 11.8 Å². The standard InChI is InChI=1S/C36H38FN3O4S/c1-27-20-22-29(23-21-27)25-39(34(24-28-12-4-2-5-13-28)36(42)38-30-14-8-9-15-30)35(41)26-40(33-19-11-10-18-32(33)37)45(43,44)31-16-6-3-7-17-31/h2-7,10-13,16-23,30,34H,8-9,14-15,24-26H2,1H3,(H,38,42)/t34-/m1/s1. The van der Waals surface area contributed by atoms with Crippen LogP contribution in [-0.2, 0) is 32.6 Å². The van der Waals surface area contributed by atoms with Gasteiger partial charge in [-0.05, 0) is 55.2 Å². The predicted molar refractivity (Wildman–Crippen MR) is 173 cm³/mol. The Morgan fingerprint density at radius 1 is 0.822 bits per heavy atom. The molecule has 9 heteroatoms. The third kappa shape index (κ3) is 7.97. The fraction of sp³-hybridized carbons (Fsp3) is 0.278. The van der Waals surface area contributed by atoms with Gasteiger partial charge < -0.3 is 10.2 Å². The first kappa shape index (κ1) is 31.9. The van der Waals surface area contributed by atoms with Crippen molar-refractivity contribution >= 4 is 27.5 Å². The number of rotatable bonds is 12. The molecule has 1 aliphatic rings. The largest absolute Gasteiger partial charge is 0.352 e. The highest BCUT2D eigenvalue weighted by Crippen LogP contribution is 2.27. The molecule has 1 fully saturated rings. The van der Waals surface area contributed by atoms with E-state index in [0.717, 1.165) is 52.7 Å². The van der Waals surface area contributed by atoms with E-state index in [4.69, 9.17) is 0 Å². The van der Waals surface area contributed by atoms with Gasteiger partial charge in [0.25, 0.3) is 10.0 Å². The van der Waals surface area contributed by atoms with E-state index in [1.54, 1.807) is 18.2 Å². The minimum absolute atomic E-state index is 0.0143. The quantitative estimate of drug-likeness (QED) is 0.208. The van der Waals surface area contributed by atoms with E-state index in [1.807, 2.05) is 61.5 Å². The number of aryl methyl sites for hydroxylation is 1. The van der Waals surface area contributed by atoms with E-state index < -0.39 is 34.3 Å². The molecule has 1 N–H and O–H groups in total. The minimum atomic E-state index is -4.36. The molecule has 4 aromatic rings. The van der Waals surface area contributed by atoms with Crippen molar-refractivity contribution in [3.05, 3.63) is 132 Å². The second-order valence-electron chi connectivity index (χ2n) is 11.5. The molecule has 234 valence electrons. The van der Waals surface area contributed by atoms with Crippen LogP contribution in [0.5, 0.6) is 0 Å². The third-order valence-corrected chi connectivity index (χ3v) is 9.95. The van der Waals surface area contributed by atoms with E-state index in [2.05, 4.69) is 5.32 Å². The summed E-state index contributed by atoms with van der Waals surface area (Å²) >= 11 is 0. The number of nitrogens with zero attached hydrogens (tertiary/aromatic N) is 2. The Morgan fingerprint density at radius 3 is 2.07 bits per heavy atom. The maximum atomic E-state index is 15.2. The number of benzene rings is 4. The van der Waals surface area contributed by atoms with Crippen molar-refractivity contribution in [1.29, 1.82) is 0 Å². The van der Waals surface area contributed by atoms with E-state index >= 15 is 4.39 Å². The van der Waals surface area contributed by atoms with Crippen molar-refractivity contribution in [1.82, 2.24) is 10.2 Å². The fourth-order valence-electron chi connectivity index (χ4n) is 5.70. The molecular formula is C36H38FN3O4S. The highest BCUT2D eigenvalue weighted by Gasteiger charge is 2.36. The topological polar surface area (TPSA) is 86.8 Å². The number of hydrogen-bond acceptors (Lipinski definition) is 4. The van der Waals surface area contributed by atoms with E-state index in [-0.39, 0.29) is 35.5 Å². The molecular weight excluding hydrogens is 589 g/mol. The molecule has 1 aliphatic carbocycles. The summed E-state index contributed by atoms with van der Waals surface area (Å²) in [6.45, 7) is 1.32. The van der Waals surface area contributed by atoms with Crippen LogP contribution >= 0.6 is 0 Å². The van der Waals surface area contributed by atoms with Crippen LogP contribution in [0.1, 0.15) is 42.4 Å². The van der Waals surface area contributed by atoms with Gasteiger partial charge >= 0.3 is 0 Å². The van der Waals surface area contributed by atoms with Crippen molar-refractivity contribution in [2.24, 2.45) is 0 Å². The molecule has 5 rings (SSSR count). The first-order valence-electron chi connectivity index (χ1n) is 15.2. The van der Waals surface area contributed by atoms with Crippen molar-refractivity contribution in [3.8, 4) is 0 Å². The summed E-state index contributed by atoms with van der Waals surface area (Å²) in [6, 6.07) is 29.2. The Morgan fingerprint density at radius 2 is 1.42 bits per heavy atom. The average Bonchev–Trinajstić information content (AvgIpc) is 3.56. The molecule has 2 amide bonds. The summed E-state index contributed by atoms with van der Waals surface area (Å²) in [7, 11) is -4.36. The highest BCUT2D eigenvalue weighted by molar-refractivity contribution is 7.92. The summed E-state index contributed by atoms with van der Waals surface area (Å²) in [6.07, 6.45) is 4.00. The Labute approximate surface area is 264 Å². The second-order valence-corrected chi connectivity index (χ2v) is 13.3. The SMILES string of the molecule is Cc1ccc(CN(C(=O)CN(c2ccccc2F)S(=O)(=O)c2ccccc2)[C@H](Cc2ccccc2)C(=O)NC2CCCC2)cc1. The van der Waals surface area contributed by atoms with Crippen LogP contribution in [0.3, 0.4) is 0 Å². The number of para-hydroxylation sites is 1. The van der Waals surface area contributed by atoms with Crippen molar-refractivity contribution in [2.75, 3.05) is 10.8 Å². The molecule has 0 unspecified atom stereocenters. The van der Waals surface area contributed by atoms with Crippen LogP contribution in [-0.4, -0.2) is 43.8 Å². The van der Waals surface area contributed by atoms with Crippen LogP contribution in [0.25, 0.3) is 0 Å². The van der Waals surface area contributed by atoms with Crippen LogP contribution in [0.15, 0.2) is 114 Å². The second kappa shape index (κ2) is 14.5. The molecule has 0 radical (unpaired) electrons. The summed E-state index contributed by atoms with van der Waals surface area (Å²) in [5.74, 6) is -1.70. The normalized spacial score (nSPS) is 14.1. The summed E-state index contributed by atoms with van der Waals surface area (Å²) < 4.78 is 44.0. The zero-order chi connectivity index (χ0) is 31.8. The zero-order valence-electron chi connectivity index (χ0n) is 25.3. The van der Waals surface area contributed by atoms with Crippen molar-refractivity contribution in [3.63, 3.8) is 0 Å². The van der Waals surface area contributed by atoms with Gasteiger partial charge in [-0.3, -0.25) is 13.9 Å². The maximum absolute atomic E-state index is 15.2. The minimum Gasteiger partial charge on any atom is -0.352 e. The lowest BCUT2D eigenvalue weighted by molar-refractivity contribution is -0.140. The van der Waals surface area contributed by atoms with Gasteiger partial charge in [0.05, 0.1) is 10.6 Å². The van der Waals surface area contributed by atoms with Gasteiger partial charge in [-0.1, -0.05) is 103 Å². The van der Waals surface area contributed by atoms with Crippen molar-refractivity contribution < 1.29 is 22.4 Å². The van der Waals surface area contributed by atoms with E-state index in [0.29, 0.717) is 0 Å². The van der Waals surface area contributed by atoms with Crippen LogP contribution < -0.4 is 9.62 Å². The molecule has 1 atom stereocenters. The molecule has 4 aromatic carbocycles. The lowest BCUT2D eigenvalue weighted by atomic mass is 10.0. The van der Waals surface area contributed by atoms with E-state index in [1.165, 1.54) is 35.2 Å². The summed E-state index contributed by atoms with van der Waals surface area (Å²) in [4.78, 5) is 29.9. The maximum Gasteiger partial charge on any atom is 0.264 e. The number of carbonyl (C=O) groups excluding carboxylic acids is 2. The van der Waals surface area contributed by atoms with E-state index in [9.17, 15) is 18.0 Å². The molecule has 0 heterocycles. The fourth-order valence-corrected chi connectivity index (χ4v) is 7.14. The summed E-state index contributed by atoms with van der Waals surface area (Å²) in [5, 5.41) is 3.15. The molecule has 0 bridgehead atoms. The molecule has 0 aromatic heterocycles. The molecule has 0 saturated heterocycles. The summed E-state index contributed by atoms with van der Waals surface area (Å²) in [5.41, 5.74) is 2.42. The van der Waals surface area contributed by atoms with Gasteiger partial charge in [0, 0.05) is 19.0 Å². The molecule has 1 saturated carbocycles.